The average Bonchev–Trinajstić information content (AvgIpc) is 2.39. The van der Waals surface area contributed by atoms with Gasteiger partial charge in [0.15, 0.2) is 6.61 Å². The fraction of sp³-hybridized carbons (Fsp3) is 0.429. The molecule has 5 nitrogen and oxygen atoms in total. The Kier molecular flexibility index (Phi) is 5.85. The molecular formula is C14H19NO4. The molecule has 0 aliphatic heterocycles. The molecule has 1 rings (SSSR count). The monoisotopic (exact) mass is 265 g/mol. The minimum atomic E-state index is -0.351. The molecular weight excluding hydrogens is 246 g/mol. The maximum absolute atomic E-state index is 11.5. The predicted octanol–water partition coefficient (Wildman–Crippen LogP) is 1.36. The highest BCUT2D eigenvalue weighted by molar-refractivity contribution is 5.78. The van der Waals surface area contributed by atoms with E-state index in [1.807, 2.05) is 32.0 Å². The topological polar surface area (TPSA) is 64.6 Å². The molecule has 0 aromatic heterocycles. The van der Waals surface area contributed by atoms with Gasteiger partial charge in [0.25, 0.3) is 5.91 Å². The third-order valence-corrected chi connectivity index (χ3v) is 2.58. The van der Waals surface area contributed by atoms with Crippen LogP contribution in [0.15, 0.2) is 18.2 Å². The van der Waals surface area contributed by atoms with Crippen molar-refractivity contribution in [1.29, 1.82) is 0 Å². The molecule has 1 N–H and O–H groups in total. The first-order valence-electron chi connectivity index (χ1n) is 6.06. The van der Waals surface area contributed by atoms with E-state index in [4.69, 9.17) is 4.74 Å². The van der Waals surface area contributed by atoms with Crippen molar-refractivity contribution >= 4 is 11.9 Å². The van der Waals surface area contributed by atoms with E-state index in [0.29, 0.717) is 5.75 Å². The van der Waals surface area contributed by atoms with Crippen molar-refractivity contribution in [2.75, 3.05) is 20.3 Å². The lowest BCUT2D eigenvalue weighted by molar-refractivity contribution is -0.140. The Balaban J connectivity index is 2.34. The Bertz CT molecular complexity index is 457. The van der Waals surface area contributed by atoms with E-state index in [2.05, 4.69) is 10.1 Å². The Morgan fingerprint density at radius 1 is 1.26 bits per heavy atom. The van der Waals surface area contributed by atoms with Gasteiger partial charge in [0.1, 0.15) is 5.75 Å². The van der Waals surface area contributed by atoms with Gasteiger partial charge in [0, 0.05) is 6.54 Å². The van der Waals surface area contributed by atoms with Crippen molar-refractivity contribution in [2.24, 2.45) is 0 Å². The molecule has 19 heavy (non-hydrogen) atoms. The van der Waals surface area contributed by atoms with Crippen molar-refractivity contribution in [3.8, 4) is 5.75 Å². The molecule has 104 valence electrons. The van der Waals surface area contributed by atoms with Gasteiger partial charge in [-0.1, -0.05) is 12.1 Å². The number of carbonyl (C=O) groups excluding carboxylic acids is 2. The second kappa shape index (κ2) is 7.41. The smallest absolute Gasteiger partial charge is 0.307 e. The van der Waals surface area contributed by atoms with Gasteiger partial charge in [-0.2, -0.15) is 0 Å². The van der Waals surface area contributed by atoms with Crippen LogP contribution < -0.4 is 10.1 Å². The number of esters is 1. The summed E-state index contributed by atoms with van der Waals surface area (Å²) in [5.74, 6) is 0.0867. The average molecular weight is 265 g/mol. The third-order valence-electron chi connectivity index (χ3n) is 2.58. The summed E-state index contributed by atoms with van der Waals surface area (Å²) in [7, 11) is 1.31. The number of nitrogens with one attached hydrogen (secondary N) is 1. The molecule has 1 aromatic carbocycles. The summed E-state index contributed by atoms with van der Waals surface area (Å²) < 4.78 is 9.90. The maximum atomic E-state index is 11.5. The molecule has 0 aliphatic rings. The molecule has 1 aromatic rings. The first-order valence-corrected chi connectivity index (χ1v) is 6.06. The van der Waals surface area contributed by atoms with Gasteiger partial charge < -0.3 is 14.8 Å². The van der Waals surface area contributed by atoms with Gasteiger partial charge >= 0.3 is 5.97 Å². The minimum Gasteiger partial charge on any atom is -0.483 e. The summed E-state index contributed by atoms with van der Waals surface area (Å²) >= 11 is 0. The summed E-state index contributed by atoms with van der Waals surface area (Å²) in [6.45, 7) is 4.07. The largest absolute Gasteiger partial charge is 0.483 e. The van der Waals surface area contributed by atoms with Gasteiger partial charge in [0.05, 0.1) is 13.5 Å². The summed E-state index contributed by atoms with van der Waals surface area (Å²) in [5.41, 5.74) is 2.06. The number of amides is 1. The van der Waals surface area contributed by atoms with Gasteiger partial charge in [-0.3, -0.25) is 9.59 Å². The standard InChI is InChI=1S/C14H19NO4/c1-10-4-5-11(2)12(8-10)19-9-13(16)15-7-6-14(17)18-3/h4-5,8H,6-7,9H2,1-3H3,(H,15,16). The Morgan fingerprint density at radius 2 is 2.00 bits per heavy atom. The van der Waals surface area contributed by atoms with Crippen LogP contribution in [0.2, 0.25) is 0 Å². The van der Waals surface area contributed by atoms with E-state index >= 15 is 0 Å². The van der Waals surface area contributed by atoms with Crippen molar-refractivity contribution in [3.05, 3.63) is 29.3 Å². The van der Waals surface area contributed by atoms with E-state index in [-0.39, 0.29) is 31.4 Å². The molecule has 5 heteroatoms. The number of methoxy groups -OCH3 is 1. The van der Waals surface area contributed by atoms with Gasteiger partial charge in [-0.05, 0) is 31.0 Å². The van der Waals surface area contributed by atoms with E-state index in [1.54, 1.807) is 0 Å². The van der Waals surface area contributed by atoms with E-state index in [9.17, 15) is 9.59 Å². The van der Waals surface area contributed by atoms with Crippen LogP contribution in [0.5, 0.6) is 5.75 Å². The molecule has 0 spiro atoms. The number of rotatable bonds is 6. The van der Waals surface area contributed by atoms with Crippen LogP contribution in [0.3, 0.4) is 0 Å². The quantitative estimate of drug-likeness (QED) is 0.789. The number of carbonyl (C=O) groups is 2. The van der Waals surface area contributed by atoms with E-state index in [1.165, 1.54) is 7.11 Å². The van der Waals surface area contributed by atoms with Crippen LogP contribution in [0.4, 0.5) is 0 Å². The lowest BCUT2D eigenvalue weighted by Crippen LogP contribution is -2.31. The summed E-state index contributed by atoms with van der Waals surface area (Å²) in [6, 6.07) is 5.81. The molecule has 0 fully saturated rings. The maximum Gasteiger partial charge on any atom is 0.307 e. The van der Waals surface area contributed by atoms with Crippen LogP contribution in [0, 0.1) is 13.8 Å². The lowest BCUT2D eigenvalue weighted by Gasteiger charge is -2.10. The summed E-state index contributed by atoms with van der Waals surface area (Å²) in [5, 5.41) is 2.59. The van der Waals surface area contributed by atoms with Gasteiger partial charge in [-0.25, -0.2) is 0 Å². The molecule has 0 saturated carbocycles. The van der Waals surface area contributed by atoms with Crippen molar-refractivity contribution in [1.82, 2.24) is 5.32 Å². The number of hydrogen-bond acceptors (Lipinski definition) is 4. The number of benzene rings is 1. The molecule has 1 amide bonds. The fourth-order valence-corrected chi connectivity index (χ4v) is 1.46. The lowest BCUT2D eigenvalue weighted by atomic mass is 10.1. The molecule has 0 saturated heterocycles. The highest BCUT2D eigenvalue weighted by Gasteiger charge is 2.06. The summed E-state index contributed by atoms with van der Waals surface area (Å²) in [4.78, 5) is 22.3. The molecule has 0 bridgehead atoms. The normalized spacial score (nSPS) is 9.84. The van der Waals surface area contributed by atoms with Crippen LogP contribution in [-0.2, 0) is 14.3 Å². The molecule has 0 atom stereocenters. The van der Waals surface area contributed by atoms with Crippen LogP contribution in [0.25, 0.3) is 0 Å². The van der Waals surface area contributed by atoms with Crippen LogP contribution in [0.1, 0.15) is 17.5 Å². The third kappa shape index (κ3) is 5.42. The molecule has 0 heterocycles. The second-order valence-corrected chi connectivity index (χ2v) is 4.23. The second-order valence-electron chi connectivity index (χ2n) is 4.23. The van der Waals surface area contributed by atoms with Crippen molar-refractivity contribution < 1.29 is 19.1 Å². The first-order chi connectivity index (χ1) is 9.02. The zero-order valence-electron chi connectivity index (χ0n) is 11.5. The number of hydrogen-bond donors (Lipinski definition) is 1. The number of ether oxygens (including phenoxy) is 2. The van der Waals surface area contributed by atoms with Crippen molar-refractivity contribution in [2.45, 2.75) is 20.3 Å². The SMILES string of the molecule is COC(=O)CCNC(=O)COc1cc(C)ccc1C. The zero-order chi connectivity index (χ0) is 14.3. The minimum absolute atomic E-state index is 0.0640. The highest BCUT2D eigenvalue weighted by atomic mass is 16.5. The van der Waals surface area contributed by atoms with Crippen LogP contribution >= 0.6 is 0 Å². The Hall–Kier alpha value is -2.04. The summed E-state index contributed by atoms with van der Waals surface area (Å²) in [6.07, 6.45) is 0.158. The van der Waals surface area contributed by atoms with E-state index < -0.39 is 0 Å². The number of aryl methyl sites for hydroxylation is 2. The van der Waals surface area contributed by atoms with Crippen molar-refractivity contribution in [3.63, 3.8) is 0 Å². The van der Waals surface area contributed by atoms with E-state index in [0.717, 1.165) is 11.1 Å². The molecule has 0 radical (unpaired) electrons. The molecule has 0 aliphatic carbocycles. The van der Waals surface area contributed by atoms with Crippen LogP contribution in [-0.4, -0.2) is 32.1 Å². The predicted molar refractivity (Wildman–Crippen MR) is 71.1 cm³/mol. The first kappa shape index (κ1) is 15.0. The fourth-order valence-electron chi connectivity index (χ4n) is 1.46. The highest BCUT2D eigenvalue weighted by Crippen LogP contribution is 2.18. The molecule has 0 unspecified atom stereocenters. The Labute approximate surface area is 112 Å². The zero-order valence-corrected chi connectivity index (χ0v) is 11.5. The van der Waals surface area contributed by atoms with Gasteiger partial charge in [-0.15, -0.1) is 0 Å². The Morgan fingerprint density at radius 3 is 2.68 bits per heavy atom. The van der Waals surface area contributed by atoms with Gasteiger partial charge in [0.2, 0.25) is 0 Å².